The van der Waals surface area contributed by atoms with E-state index in [2.05, 4.69) is 10.3 Å². The van der Waals surface area contributed by atoms with Crippen LogP contribution in [0.5, 0.6) is 0 Å². The Hall–Kier alpha value is -0.590. The minimum absolute atomic E-state index is 0.0377. The van der Waals surface area contributed by atoms with Gasteiger partial charge >= 0.3 is 0 Å². The molecule has 1 atom stereocenters. The Morgan fingerprint density at radius 1 is 1.62 bits per heavy atom. The van der Waals surface area contributed by atoms with Crippen LogP contribution < -0.4 is 5.32 Å². The predicted octanol–water partition coefficient (Wildman–Crippen LogP) is 1.06. The molecule has 1 fully saturated rings. The Morgan fingerprint density at radius 3 is 3.00 bits per heavy atom. The van der Waals surface area contributed by atoms with Gasteiger partial charge in [0.05, 0.1) is 5.25 Å². The number of carbonyl (C=O) groups is 1. The number of hydrogen-bond donors (Lipinski definition) is 1. The summed E-state index contributed by atoms with van der Waals surface area (Å²) in [6.07, 6.45) is 1.77. The predicted molar refractivity (Wildman–Crippen MR) is 66.9 cm³/mol. The zero-order chi connectivity index (χ0) is 11.4. The maximum absolute atomic E-state index is 12.1. The summed E-state index contributed by atoms with van der Waals surface area (Å²) in [5.41, 5.74) is 0. The van der Waals surface area contributed by atoms with Crippen molar-refractivity contribution in [3.63, 3.8) is 0 Å². The number of piperazine rings is 1. The molecule has 88 valence electrons. The van der Waals surface area contributed by atoms with Crippen molar-refractivity contribution >= 4 is 29.0 Å². The molecule has 0 aliphatic carbocycles. The average molecular weight is 257 g/mol. The lowest BCUT2D eigenvalue weighted by Crippen LogP contribution is -2.48. The van der Waals surface area contributed by atoms with E-state index in [0.717, 1.165) is 30.5 Å². The molecule has 1 aromatic rings. The van der Waals surface area contributed by atoms with E-state index in [1.54, 1.807) is 29.3 Å². The number of nitrogens with one attached hydrogen (secondary N) is 1. The average Bonchev–Trinajstić information content (AvgIpc) is 2.82. The molecule has 1 unspecified atom stereocenters. The van der Waals surface area contributed by atoms with Gasteiger partial charge in [0.15, 0.2) is 4.34 Å². The first-order chi connectivity index (χ1) is 7.77. The monoisotopic (exact) mass is 257 g/mol. The quantitative estimate of drug-likeness (QED) is 0.822. The number of amides is 1. The van der Waals surface area contributed by atoms with Crippen LogP contribution >= 0.6 is 23.1 Å². The van der Waals surface area contributed by atoms with Gasteiger partial charge in [-0.3, -0.25) is 4.79 Å². The number of thioether (sulfide) groups is 1. The summed E-state index contributed by atoms with van der Waals surface area (Å²) in [4.78, 5) is 18.2. The van der Waals surface area contributed by atoms with Crippen molar-refractivity contribution in [1.82, 2.24) is 15.2 Å². The first kappa shape index (κ1) is 11.9. The van der Waals surface area contributed by atoms with Crippen LogP contribution in [0.2, 0.25) is 0 Å². The Labute approximate surface area is 103 Å². The lowest BCUT2D eigenvalue weighted by Gasteiger charge is -2.29. The van der Waals surface area contributed by atoms with Crippen LogP contribution in [0.1, 0.15) is 6.92 Å². The van der Waals surface area contributed by atoms with Crippen molar-refractivity contribution < 1.29 is 4.79 Å². The number of hydrogen-bond acceptors (Lipinski definition) is 5. The summed E-state index contributed by atoms with van der Waals surface area (Å²) in [7, 11) is 0. The van der Waals surface area contributed by atoms with Crippen molar-refractivity contribution in [2.75, 3.05) is 26.2 Å². The third-order valence-corrected chi connectivity index (χ3v) is 4.47. The molecule has 1 aliphatic rings. The number of nitrogens with zero attached hydrogens (tertiary/aromatic N) is 2. The number of thiazole rings is 1. The summed E-state index contributed by atoms with van der Waals surface area (Å²) in [6.45, 7) is 5.40. The Morgan fingerprint density at radius 2 is 2.38 bits per heavy atom. The summed E-state index contributed by atoms with van der Waals surface area (Å²) < 4.78 is 0.969. The smallest absolute Gasteiger partial charge is 0.235 e. The molecule has 16 heavy (non-hydrogen) atoms. The van der Waals surface area contributed by atoms with Gasteiger partial charge in [-0.2, -0.15) is 0 Å². The molecule has 6 heteroatoms. The Kier molecular flexibility index (Phi) is 4.20. The number of aromatic nitrogens is 1. The Bertz CT molecular complexity index is 336. The van der Waals surface area contributed by atoms with Gasteiger partial charge in [-0.15, -0.1) is 11.3 Å². The van der Waals surface area contributed by atoms with Crippen LogP contribution in [0.15, 0.2) is 15.9 Å². The number of rotatable bonds is 3. The van der Waals surface area contributed by atoms with Gasteiger partial charge in [-0.1, -0.05) is 11.8 Å². The molecule has 1 aliphatic heterocycles. The van der Waals surface area contributed by atoms with E-state index in [9.17, 15) is 4.79 Å². The highest BCUT2D eigenvalue weighted by molar-refractivity contribution is 8.02. The fourth-order valence-electron chi connectivity index (χ4n) is 1.61. The molecule has 1 aromatic heterocycles. The fourth-order valence-corrected chi connectivity index (χ4v) is 3.47. The standard InChI is InChI=1S/C10H15N3OS2/c1-8(16-10-12-4-7-15-10)9(14)13-5-2-11-3-6-13/h4,7-8,11H,2-3,5-6H2,1H3. The molecule has 0 saturated carbocycles. The van der Waals surface area contributed by atoms with E-state index in [1.807, 2.05) is 17.2 Å². The minimum atomic E-state index is -0.0377. The molecule has 0 bridgehead atoms. The van der Waals surface area contributed by atoms with Crippen molar-refractivity contribution in [3.8, 4) is 0 Å². The SMILES string of the molecule is CC(Sc1nccs1)C(=O)N1CCNCC1. The van der Waals surface area contributed by atoms with Crippen molar-refractivity contribution in [3.05, 3.63) is 11.6 Å². The van der Waals surface area contributed by atoms with E-state index < -0.39 is 0 Å². The van der Waals surface area contributed by atoms with Gasteiger partial charge in [0.1, 0.15) is 0 Å². The van der Waals surface area contributed by atoms with Crippen LogP contribution in [0, 0.1) is 0 Å². The fraction of sp³-hybridized carbons (Fsp3) is 0.600. The van der Waals surface area contributed by atoms with Crippen molar-refractivity contribution in [1.29, 1.82) is 0 Å². The van der Waals surface area contributed by atoms with Gasteiger partial charge < -0.3 is 10.2 Å². The molecule has 4 nitrogen and oxygen atoms in total. The lowest BCUT2D eigenvalue weighted by atomic mass is 10.3. The van der Waals surface area contributed by atoms with Gasteiger partial charge in [0, 0.05) is 37.8 Å². The second-order valence-electron chi connectivity index (χ2n) is 3.63. The van der Waals surface area contributed by atoms with E-state index in [0.29, 0.717) is 0 Å². The highest BCUT2D eigenvalue weighted by atomic mass is 32.2. The van der Waals surface area contributed by atoms with Gasteiger partial charge in [-0.05, 0) is 6.92 Å². The minimum Gasteiger partial charge on any atom is -0.339 e. The van der Waals surface area contributed by atoms with E-state index in [4.69, 9.17) is 0 Å². The van der Waals surface area contributed by atoms with Gasteiger partial charge in [0.25, 0.3) is 0 Å². The van der Waals surface area contributed by atoms with E-state index >= 15 is 0 Å². The van der Waals surface area contributed by atoms with Crippen LogP contribution in [0.25, 0.3) is 0 Å². The molecule has 0 aromatic carbocycles. The second kappa shape index (κ2) is 5.65. The van der Waals surface area contributed by atoms with E-state index in [-0.39, 0.29) is 11.2 Å². The van der Waals surface area contributed by atoms with E-state index in [1.165, 1.54) is 0 Å². The summed E-state index contributed by atoms with van der Waals surface area (Å²) in [5.74, 6) is 0.224. The topological polar surface area (TPSA) is 45.2 Å². The molecule has 2 heterocycles. The summed E-state index contributed by atoms with van der Waals surface area (Å²) in [6, 6.07) is 0. The molecule has 0 spiro atoms. The summed E-state index contributed by atoms with van der Waals surface area (Å²) in [5, 5.41) is 5.14. The maximum Gasteiger partial charge on any atom is 0.235 e. The highest BCUT2D eigenvalue weighted by Crippen LogP contribution is 2.26. The molecular weight excluding hydrogens is 242 g/mol. The zero-order valence-electron chi connectivity index (χ0n) is 9.18. The lowest BCUT2D eigenvalue weighted by molar-refractivity contribution is -0.130. The van der Waals surface area contributed by atoms with Crippen molar-refractivity contribution in [2.45, 2.75) is 16.5 Å². The third kappa shape index (κ3) is 2.96. The van der Waals surface area contributed by atoms with Gasteiger partial charge in [0.2, 0.25) is 5.91 Å². The normalized spacial score (nSPS) is 18.4. The van der Waals surface area contributed by atoms with Crippen LogP contribution in [-0.2, 0) is 4.79 Å². The first-order valence-electron chi connectivity index (χ1n) is 5.33. The molecular formula is C10H15N3OS2. The number of carbonyl (C=O) groups excluding carboxylic acids is 1. The van der Waals surface area contributed by atoms with Crippen LogP contribution in [-0.4, -0.2) is 47.2 Å². The highest BCUT2D eigenvalue weighted by Gasteiger charge is 2.23. The first-order valence-corrected chi connectivity index (χ1v) is 7.09. The molecule has 0 radical (unpaired) electrons. The zero-order valence-corrected chi connectivity index (χ0v) is 10.8. The third-order valence-electron chi connectivity index (χ3n) is 2.46. The van der Waals surface area contributed by atoms with Gasteiger partial charge in [-0.25, -0.2) is 4.98 Å². The van der Waals surface area contributed by atoms with Crippen LogP contribution in [0.4, 0.5) is 0 Å². The summed E-state index contributed by atoms with van der Waals surface area (Å²) >= 11 is 3.13. The second-order valence-corrected chi connectivity index (χ2v) is 6.12. The van der Waals surface area contributed by atoms with Crippen LogP contribution in [0.3, 0.4) is 0 Å². The largest absolute Gasteiger partial charge is 0.339 e. The molecule has 2 rings (SSSR count). The molecule has 1 amide bonds. The maximum atomic E-state index is 12.1. The molecule has 1 saturated heterocycles. The van der Waals surface area contributed by atoms with Crippen molar-refractivity contribution in [2.24, 2.45) is 0 Å². The Balaban J connectivity index is 1.88. The molecule has 1 N–H and O–H groups in total.